The Hall–Kier alpha value is -4.22. The molecule has 1 aromatic heterocycles. The lowest BCUT2D eigenvalue weighted by Gasteiger charge is -2.34. The van der Waals surface area contributed by atoms with Crippen LogP contribution in [0.3, 0.4) is 0 Å². The van der Waals surface area contributed by atoms with Crippen LogP contribution < -0.4 is 15.0 Å². The van der Waals surface area contributed by atoms with Crippen molar-refractivity contribution in [2.45, 2.75) is 11.3 Å². The number of piperazine rings is 1. The molecule has 3 aromatic carbocycles. The molecule has 2 aliphatic rings. The zero-order valence-electron chi connectivity index (χ0n) is 21.0. The van der Waals surface area contributed by atoms with E-state index in [1.807, 2.05) is 6.07 Å². The van der Waals surface area contributed by atoms with Crippen molar-refractivity contribution in [3.05, 3.63) is 89.0 Å². The Morgan fingerprint density at radius 3 is 2.33 bits per heavy atom. The second kappa shape index (κ2) is 10.2. The summed E-state index contributed by atoms with van der Waals surface area (Å²) in [6.45, 7) is 1.87. The lowest BCUT2D eigenvalue weighted by Crippen LogP contribution is -2.50. The highest BCUT2D eigenvalue weighted by Gasteiger charge is 2.31. The quantitative estimate of drug-likeness (QED) is 0.387. The summed E-state index contributed by atoms with van der Waals surface area (Å²) < 4.78 is 40.6. The predicted molar refractivity (Wildman–Crippen MR) is 144 cm³/mol. The van der Waals surface area contributed by atoms with E-state index in [-0.39, 0.29) is 42.5 Å². The van der Waals surface area contributed by atoms with E-state index in [1.165, 1.54) is 27.3 Å². The molecule has 0 radical (unpaired) electrons. The van der Waals surface area contributed by atoms with Crippen molar-refractivity contribution in [3.8, 4) is 17.2 Å². The lowest BCUT2D eigenvalue weighted by molar-refractivity contribution is 0.0698. The van der Waals surface area contributed by atoms with Gasteiger partial charge in [-0.15, -0.1) is 0 Å². The van der Waals surface area contributed by atoms with Crippen LogP contribution in [0, 0.1) is 0 Å². The predicted octanol–water partition coefficient (Wildman–Crippen LogP) is 2.69. The average molecular weight is 547 g/mol. The molecule has 0 atom stereocenters. The van der Waals surface area contributed by atoms with Crippen molar-refractivity contribution in [1.82, 2.24) is 18.8 Å². The molecule has 39 heavy (non-hydrogen) atoms. The fourth-order valence-corrected chi connectivity index (χ4v) is 6.22. The standard InChI is InChI=1S/C28H26N4O6S/c33-27(20-6-8-21(9-7-20)32-19-29-24-5-2-1-4-23(24)28(32)34)30-12-14-31(15-13-30)39(35,36)22-10-11-25-26(18-22)38-17-3-16-37-25/h1-2,4-11,18-19H,3,12-17H2. The molecule has 6 rings (SSSR count). The van der Waals surface area contributed by atoms with Gasteiger partial charge in [0.2, 0.25) is 10.0 Å². The summed E-state index contributed by atoms with van der Waals surface area (Å²) in [7, 11) is -3.76. The van der Waals surface area contributed by atoms with Gasteiger partial charge >= 0.3 is 0 Å². The van der Waals surface area contributed by atoms with Gasteiger partial charge in [0.05, 0.1) is 34.7 Å². The third-order valence-electron chi connectivity index (χ3n) is 6.94. The Balaban J connectivity index is 1.13. The van der Waals surface area contributed by atoms with E-state index in [4.69, 9.17) is 9.47 Å². The highest BCUT2D eigenvalue weighted by atomic mass is 32.2. The van der Waals surface area contributed by atoms with Crippen LogP contribution in [-0.2, 0) is 10.0 Å². The Kier molecular flexibility index (Phi) is 6.53. The number of hydrogen-bond acceptors (Lipinski definition) is 7. The Bertz CT molecular complexity index is 1710. The lowest BCUT2D eigenvalue weighted by atomic mass is 10.1. The number of amides is 1. The molecule has 0 unspecified atom stereocenters. The Morgan fingerprint density at radius 2 is 1.56 bits per heavy atom. The zero-order valence-corrected chi connectivity index (χ0v) is 21.8. The summed E-state index contributed by atoms with van der Waals surface area (Å²) in [6.07, 6.45) is 2.21. The third kappa shape index (κ3) is 4.75. The number of sulfonamides is 1. The first-order valence-corrected chi connectivity index (χ1v) is 14.1. The normalized spacial score (nSPS) is 16.2. The van der Waals surface area contributed by atoms with E-state index in [2.05, 4.69) is 4.98 Å². The van der Waals surface area contributed by atoms with Crippen LogP contribution in [0.1, 0.15) is 16.8 Å². The number of rotatable bonds is 4. The molecule has 11 heteroatoms. The van der Waals surface area contributed by atoms with Crippen molar-refractivity contribution in [1.29, 1.82) is 0 Å². The number of nitrogens with zero attached hydrogens (tertiary/aromatic N) is 4. The maximum atomic E-state index is 13.3. The van der Waals surface area contributed by atoms with E-state index in [0.717, 1.165) is 6.42 Å². The first-order chi connectivity index (χ1) is 18.9. The molecule has 0 aliphatic carbocycles. The van der Waals surface area contributed by atoms with E-state index in [9.17, 15) is 18.0 Å². The van der Waals surface area contributed by atoms with Crippen LogP contribution in [0.4, 0.5) is 0 Å². The smallest absolute Gasteiger partial charge is 0.265 e. The highest BCUT2D eigenvalue weighted by Crippen LogP contribution is 2.33. The van der Waals surface area contributed by atoms with Crippen molar-refractivity contribution in [2.24, 2.45) is 0 Å². The van der Waals surface area contributed by atoms with Gasteiger partial charge in [-0.25, -0.2) is 13.4 Å². The Morgan fingerprint density at radius 1 is 0.846 bits per heavy atom. The SMILES string of the molecule is O=C(c1ccc(-n2cnc3ccccc3c2=O)cc1)N1CCN(S(=O)(=O)c2ccc3c(c2)OCCCO3)CC1. The van der Waals surface area contributed by atoms with Gasteiger partial charge in [-0.1, -0.05) is 12.1 Å². The Labute approximate surface area is 225 Å². The second-order valence-corrected chi connectivity index (χ2v) is 11.3. The summed E-state index contributed by atoms with van der Waals surface area (Å²) in [5.74, 6) is 0.764. The highest BCUT2D eigenvalue weighted by molar-refractivity contribution is 7.89. The van der Waals surface area contributed by atoms with Crippen LogP contribution in [0.2, 0.25) is 0 Å². The minimum absolute atomic E-state index is 0.139. The molecule has 4 aromatic rings. The van der Waals surface area contributed by atoms with Crippen molar-refractivity contribution >= 4 is 26.8 Å². The summed E-state index contributed by atoms with van der Waals surface area (Å²) in [4.78, 5) is 32.2. The maximum absolute atomic E-state index is 13.3. The number of carbonyl (C=O) groups excluding carboxylic acids is 1. The van der Waals surface area contributed by atoms with Gasteiger partial charge in [-0.05, 0) is 48.5 Å². The minimum atomic E-state index is -3.76. The number of hydrogen-bond donors (Lipinski definition) is 0. The van der Waals surface area contributed by atoms with Crippen LogP contribution >= 0.6 is 0 Å². The maximum Gasteiger partial charge on any atom is 0.265 e. The van der Waals surface area contributed by atoms with Crippen LogP contribution in [0.25, 0.3) is 16.6 Å². The topological polar surface area (TPSA) is 111 Å². The molecule has 10 nitrogen and oxygen atoms in total. The molecule has 0 N–H and O–H groups in total. The van der Waals surface area contributed by atoms with Gasteiger partial charge < -0.3 is 14.4 Å². The van der Waals surface area contributed by atoms with Crippen molar-refractivity contribution in [2.75, 3.05) is 39.4 Å². The van der Waals surface area contributed by atoms with Gasteiger partial charge in [0.15, 0.2) is 11.5 Å². The number of fused-ring (bicyclic) bond motifs is 2. The fourth-order valence-electron chi connectivity index (χ4n) is 4.78. The molecule has 3 heterocycles. The summed E-state index contributed by atoms with van der Waals surface area (Å²) >= 11 is 0. The second-order valence-electron chi connectivity index (χ2n) is 9.34. The molecule has 200 valence electrons. The van der Waals surface area contributed by atoms with Gasteiger partial charge in [0.25, 0.3) is 11.5 Å². The van der Waals surface area contributed by atoms with Crippen LogP contribution in [0.5, 0.6) is 11.5 Å². The summed E-state index contributed by atoms with van der Waals surface area (Å²) in [5, 5.41) is 0.514. The first-order valence-electron chi connectivity index (χ1n) is 12.7. The molecule has 1 fully saturated rings. The molecule has 1 amide bonds. The largest absolute Gasteiger partial charge is 0.490 e. The van der Waals surface area contributed by atoms with Crippen molar-refractivity contribution in [3.63, 3.8) is 0 Å². The van der Waals surface area contributed by atoms with Gasteiger partial charge in [0.1, 0.15) is 6.33 Å². The number of aromatic nitrogens is 2. The van der Waals surface area contributed by atoms with Gasteiger partial charge in [-0.2, -0.15) is 4.31 Å². The van der Waals surface area contributed by atoms with Gasteiger partial charge in [-0.3, -0.25) is 14.2 Å². The fraction of sp³-hybridized carbons (Fsp3) is 0.250. The summed E-state index contributed by atoms with van der Waals surface area (Å²) in [6, 6.07) is 18.5. The molecule has 2 aliphatic heterocycles. The molecule has 1 saturated heterocycles. The van der Waals surface area contributed by atoms with Crippen LogP contribution in [0.15, 0.2) is 82.7 Å². The van der Waals surface area contributed by atoms with E-state index < -0.39 is 10.0 Å². The number of benzene rings is 3. The third-order valence-corrected chi connectivity index (χ3v) is 8.84. The van der Waals surface area contributed by atoms with Crippen LogP contribution in [-0.4, -0.2) is 72.5 Å². The molecule has 0 bridgehead atoms. The molecular formula is C28H26N4O6S. The summed E-state index contributed by atoms with van der Waals surface area (Å²) in [5.41, 5.74) is 1.49. The molecule has 0 saturated carbocycles. The monoisotopic (exact) mass is 546 g/mol. The average Bonchev–Trinajstić information content (AvgIpc) is 3.22. The molecule has 0 spiro atoms. The zero-order chi connectivity index (χ0) is 27.0. The van der Waals surface area contributed by atoms with E-state index in [0.29, 0.717) is 46.9 Å². The van der Waals surface area contributed by atoms with Gasteiger partial charge in [0, 0.05) is 44.2 Å². The first kappa shape index (κ1) is 25.1. The number of ether oxygens (including phenoxy) is 2. The van der Waals surface area contributed by atoms with E-state index in [1.54, 1.807) is 53.4 Å². The van der Waals surface area contributed by atoms with E-state index >= 15 is 0 Å². The number of para-hydroxylation sites is 1. The van der Waals surface area contributed by atoms with Crippen molar-refractivity contribution < 1.29 is 22.7 Å². The minimum Gasteiger partial charge on any atom is -0.490 e. The number of carbonyl (C=O) groups is 1. The molecular weight excluding hydrogens is 520 g/mol.